The van der Waals surface area contributed by atoms with E-state index in [1.165, 1.54) is 0 Å². The number of nitrogens with zero attached hydrogens (tertiary/aromatic N) is 2. The van der Waals surface area contributed by atoms with Crippen LogP contribution in [-0.2, 0) is 4.74 Å². The van der Waals surface area contributed by atoms with E-state index in [2.05, 4.69) is 11.9 Å². The number of rotatable bonds is 3. The molecule has 1 aliphatic rings. The SMILES string of the molecule is CC1OCCC1Sc1nc2sccn2c1C=O. The van der Waals surface area contributed by atoms with Gasteiger partial charge >= 0.3 is 0 Å². The third kappa shape index (κ3) is 1.90. The zero-order valence-electron chi connectivity index (χ0n) is 9.33. The second kappa shape index (κ2) is 4.44. The quantitative estimate of drug-likeness (QED) is 0.802. The number of imidazole rings is 1. The van der Waals surface area contributed by atoms with Crippen molar-refractivity contribution >= 4 is 34.3 Å². The smallest absolute Gasteiger partial charge is 0.195 e. The van der Waals surface area contributed by atoms with Crippen molar-refractivity contribution in [2.75, 3.05) is 6.61 Å². The molecule has 0 spiro atoms. The van der Waals surface area contributed by atoms with E-state index >= 15 is 0 Å². The molecule has 0 bridgehead atoms. The van der Waals surface area contributed by atoms with Gasteiger partial charge in [-0.25, -0.2) is 4.98 Å². The molecule has 0 N–H and O–H groups in total. The largest absolute Gasteiger partial charge is 0.377 e. The van der Waals surface area contributed by atoms with Crippen LogP contribution < -0.4 is 0 Å². The zero-order chi connectivity index (χ0) is 11.8. The molecule has 4 nitrogen and oxygen atoms in total. The lowest BCUT2D eigenvalue weighted by molar-refractivity contribution is 0.111. The summed E-state index contributed by atoms with van der Waals surface area (Å²) in [6, 6.07) is 0. The number of hydrogen-bond donors (Lipinski definition) is 0. The predicted octanol–water partition coefficient (Wildman–Crippen LogP) is 2.48. The number of aromatic nitrogens is 2. The molecule has 0 amide bonds. The molecule has 3 heterocycles. The molecular weight excluding hydrogens is 256 g/mol. The number of thioether (sulfide) groups is 1. The van der Waals surface area contributed by atoms with E-state index in [0.29, 0.717) is 10.9 Å². The molecule has 2 unspecified atom stereocenters. The van der Waals surface area contributed by atoms with Crippen LogP contribution in [0, 0.1) is 0 Å². The van der Waals surface area contributed by atoms with Crippen molar-refractivity contribution in [1.29, 1.82) is 0 Å². The van der Waals surface area contributed by atoms with Crippen LogP contribution in [-0.4, -0.2) is 33.6 Å². The van der Waals surface area contributed by atoms with Gasteiger partial charge in [-0.15, -0.1) is 11.3 Å². The highest BCUT2D eigenvalue weighted by molar-refractivity contribution is 8.00. The third-order valence-electron chi connectivity index (χ3n) is 2.95. The van der Waals surface area contributed by atoms with E-state index in [1.807, 2.05) is 16.0 Å². The summed E-state index contributed by atoms with van der Waals surface area (Å²) in [5, 5.41) is 3.16. The van der Waals surface area contributed by atoms with Crippen molar-refractivity contribution < 1.29 is 9.53 Å². The van der Waals surface area contributed by atoms with Gasteiger partial charge in [-0.05, 0) is 13.3 Å². The molecule has 2 aromatic heterocycles. The lowest BCUT2D eigenvalue weighted by Crippen LogP contribution is -2.13. The van der Waals surface area contributed by atoms with Crippen molar-refractivity contribution in [3.63, 3.8) is 0 Å². The molecule has 17 heavy (non-hydrogen) atoms. The number of fused-ring (bicyclic) bond motifs is 1. The minimum atomic E-state index is 0.235. The van der Waals surface area contributed by atoms with Gasteiger partial charge in [-0.3, -0.25) is 9.20 Å². The van der Waals surface area contributed by atoms with Crippen LogP contribution in [0.1, 0.15) is 23.8 Å². The van der Waals surface area contributed by atoms with Gasteiger partial charge in [-0.2, -0.15) is 0 Å². The standard InChI is InChI=1S/C11H12N2O2S2/c1-7-9(2-4-15-7)17-10-8(6-14)13-3-5-16-11(13)12-10/h3,5-7,9H,2,4H2,1H3. The number of aldehydes is 1. The monoisotopic (exact) mass is 268 g/mol. The van der Waals surface area contributed by atoms with E-state index in [4.69, 9.17) is 4.74 Å². The normalized spacial score (nSPS) is 24.5. The van der Waals surface area contributed by atoms with Crippen molar-refractivity contribution in [1.82, 2.24) is 9.38 Å². The molecule has 1 fully saturated rings. The highest BCUT2D eigenvalue weighted by Gasteiger charge is 2.27. The number of hydrogen-bond acceptors (Lipinski definition) is 5. The Morgan fingerprint density at radius 2 is 2.59 bits per heavy atom. The molecule has 0 aromatic carbocycles. The molecule has 0 saturated carbocycles. The molecule has 0 aliphatic carbocycles. The van der Waals surface area contributed by atoms with Gasteiger partial charge in [0.2, 0.25) is 0 Å². The number of carbonyl (C=O) groups excluding carboxylic acids is 1. The van der Waals surface area contributed by atoms with Gasteiger partial charge in [0.15, 0.2) is 11.2 Å². The van der Waals surface area contributed by atoms with E-state index in [-0.39, 0.29) is 6.10 Å². The summed E-state index contributed by atoms with van der Waals surface area (Å²) in [5.41, 5.74) is 0.658. The second-order valence-electron chi connectivity index (χ2n) is 4.00. The second-order valence-corrected chi connectivity index (χ2v) is 6.10. The lowest BCUT2D eigenvalue weighted by Gasteiger charge is -2.11. The highest BCUT2D eigenvalue weighted by atomic mass is 32.2. The fourth-order valence-corrected chi connectivity index (χ4v) is 3.94. The fourth-order valence-electron chi connectivity index (χ4n) is 1.99. The maximum atomic E-state index is 11.2. The van der Waals surface area contributed by atoms with E-state index in [0.717, 1.165) is 29.3 Å². The van der Waals surface area contributed by atoms with Crippen LogP contribution in [0.5, 0.6) is 0 Å². The van der Waals surface area contributed by atoms with Gasteiger partial charge in [0.1, 0.15) is 10.7 Å². The Morgan fingerprint density at radius 3 is 3.29 bits per heavy atom. The summed E-state index contributed by atoms with van der Waals surface area (Å²) in [5.74, 6) is 0. The Balaban J connectivity index is 1.93. The molecule has 2 aromatic rings. The Hall–Kier alpha value is -0.850. The number of thiazole rings is 1. The Kier molecular flexibility index (Phi) is 2.94. The van der Waals surface area contributed by atoms with E-state index in [9.17, 15) is 4.79 Å². The van der Waals surface area contributed by atoms with E-state index < -0.39 is 0 Å². The zero-order valence-corrected chi connectivity index (χ0v) is 11.0. The molecule has 0 radical (unpaired) electrons. The van der Waals surface area contributed by atoms with Crippen LogP contribution in [0.2, 0.25) is 0 Å². The number of ether oxygens (including phenoxy) is 1. The van der Waals surface area contributed by atoms with Crippen LogP contribution in [0.4, 0.5) is 0 Å². The molecule has 90 valence electrons. The maximum Gasteiger partial charge on any atom is 0.195 e. The maximum absolute atomic E-state index is 11.2. The van der Waals surface area contributed by atoms with E-state index in [1.54, 1.807) is 23.1 Å². The Labute approximate surface area is 107 Å². The first kappa shape index (κ1) is 11.3. The van der Waals surface area contributed by atoms with Crippen molar-refractivity contribution in [3.05, 3.63) is 17.3 Å². The van der Waals surface area contributed by atoms with Gasteiger partial charge in [0, 0.05) is 23.4 Å². The van der Waals surface area contributed by atoms with Crippen molar-refractivity contribution in [2.45, 2.75) is 29.7 Å². The minimum absolute atomic E-state index is 0.235. The number of carbonyl (C=O) groups is 1. The van der Waals surface area contributed by atoms with Crippen LogP contribution >= 0.6 is 23.1 Å². The molecule has 1 aliphatic heterocycles. The Morgan fingerprint density at radius 1 is 1.71 bits per heavy atom. The first-order valence-electron chi connectivity index (χ1n) is 5.48. The summed E-state index contributed by atoms with van der Waals surface area (Å²) in [7, 11) is 0. The summed E-state index contributed by atoms with van der Waals surface area (Å²) in [6.07, 6.45) is 4.03. The summed E-state index contributed by atoms with van der Waals surface area (Å²) in [4.78, 5) is 16.5. The van der Waals surface area contributed by atoms with Crippen LogP contribution in [0.3, 0.4) is 0 Å². The minimum Gasteiger partial charge on any atom is -0.377 e. The molecule has 2 atom stereocenters. The van der Waals surface area contributed by atoms with Crippen LogP contribution in [0.25, 0.3) is 4.96 Å². The first-order valence-corrected chi connectivity index (χ1v) is 7.24. The fraction of sp³-hybridized carbons (Fsp3) is 0.455. The van der Waals surface area contributed by atoms with Gasteiger partial charge < -0.3 is 4.74 Å². The van der Waals surface area contributed by atoms with Gasteiger partial charge in [0.05, 0.1) is 6.10 Å². The van der Waals surface area contributed by atoms with Crippen molar-refractivity contribution in [3.8, 4) is 0 Å². The molecular formula is C11H12N2O2S2. The lowest BCUT2D eigenvalue weighted by atomic mass is 10.3. The summed E-state index contributed by atoms with van der Waals surface area (Å²) < 4.78 is 7.37. The van der Waals surface area contributed by atoms with Gasteiger partial charge in [0.25, 0.3) is 0 Å². The Bertz CT molecular complexity index is 549. The summed E-state index contributed by atoms with van der Waals surface area (Å²) in [6.45, 7) is 2.88. The molecule has 1 saturated heterocycles. The predicted molar refractivity (Wildman–Crippen MR) is 68.1 cm³/mol. The molecule has 6 heteroatoms. The van der Waals surface area contributed by atoms with Crippen molar-refractivity contribution in [2.24, 2.45) is 0 Å². The highest BCUT2D eigenvalue weighted by Crippen LogP contribution is 2.34. The van der Waals surface area contributed by atoms with Gasteiger partial charge in [-0.1, -0.05) is 11.8 Å². The first-order chi connectivity index (χ1) is 8.29. The third-order valence-corrected chi connectivity index (χ3v) is 5.15. The molecule has 3 rings (SSSR count). The average molecular weight is 268 g/mol. The summed E-state index contributed by atoms with van der Waals surface area (Å²) >= 11 is 3.20. The average Bonchev–Trinajstić information content (AvgIpc) is 2.96. The van der Waals surface area contributed by atoms with Crippen LogP contribution in [0.15, 0.2) is 16.6 Å². The topological polar surface area (TPSA) is 43.6 Å².